The van der Waals surface area contributed by atoms with Crippen LogP contribution in [0.5, 0.6) is 0 Å². The van der Waals surface area contributed by atoms with Crippen LogP contribution in [0.15, 0.2) is 8.68 Å². The van der Waals surface area contributed by atoms with Crippen LogP contribution < -0.4 is 5.32 Å². The van der Waals surface area contributed by atoms with E-state index in [1.807, 2.05) is 6.92 Å². The Bertz CT molecular complexity index is 368. The molecule has 4 nitrogen and oxygen atoms in total. The first-order valence-corrected chi connectivity index (χ1v) is 8.76. The van der Waals surface area contributed by atoms with Crippen LogP contribution in [-0.2, 0) is 4.79 Å². The topological polar surface area (TPSA) is 54.9 Å². The van der Waals surface area contributed by atoms with Gasteiger partial charge < -0.3 is 5.32 Å². The molecule has 18 heavy (non-hydrogen) atoms. The molecule has 0 saturated carbocycles. The summed E-state index contributed by atoms with van der Waals surface area (Å²) in [5.41, 5.74) is 0. The molecular formula is C11H19N3OS3. The summed E-state index contributed by atoms with van der Waals surface area (Å²) in [6.07, 6.45) is 0.963. The van der Waals surface area contributed by atoms with E-state index in [2.05, 4.69) is 29.4 Å². The summed E-state index contributed by atoms with van der Waals surface area (Å²) in [6.45, 7) is 7.14. The van der Waals surface area contributed by atoms with Crippen LogP contribution in [0, 0.1) is 5.92 Å². The molecule has 0 aliphatic heterocycles. The lowest BCUT2D eigenvalue weighted by Gasteiger charge is -2.00. The lowest BCUT2D eigenvalue weighted by Crippen LogP contribution is -2.25. The monoisotopic (exact) mass is 305 g/mol. The zero-order chi connectivity index (χ0) is 13.4. The summed E-state index contributed by atoms with van der Waals surface area (Å²) in [7, 11) is 0. The Labute approximate surface area is 121 Å². The van der Waals surface area contributed by atoms with E-state index >= 15 is 0 Å². The fourth-order valence-corrected chi connectivity index (χ4v) is 3.82. The Hall–Kier alpha value is -0.270. The highest BCUT2D eigenvalue weighted by Crippen LogP contribution is 2.29. The smallest absolute Gasteiger partial charge is 0.230 e. The summed E-state index contributed by atoms with van der Waals surface area (Å²) < 4.78 is 1.85. The average Bonchev–Trinajstić information content (AvgIpc) is 2.79. The second kappa shape index (κ2) is 8.77. The molecule has 0 spiro atoms. The predicted molar refractivity (Wildman–Crippen MR) is 79.5 cm³/mol. The van der Waals surface area contributed by atoms with Crippen molar-refractivity contribution in [2.45, 2.75) is 35.9 Å². The highest BCUT2D eigenvalue weighted by Gasteiger charge is 2.08. The number of hydrogen-bond donors (Lipinski definition) is 1. The van der Waals surface area contributed by atoms with Crippen molar-refractivity contribution in [3.05, 3.63) is 0 Å². The van der Waals surface area contributed by atoms with Crippen molar-refractivity contribution in [2.24, 2.45) is 5.92 Å². The van der Waals surface area contributed by atoms with Crippen LogP contribution in [0.1, 0.15) is 27.2 Å². The number of carbonyl (C=O) groups is 1. The lowest BCUT2D eigenvalue weighted by atomic mass is 10.3. The minimum Gasteiger partial charge on any atom is -0.355 e. The van der Waals surface area contributed by atoms with Crippen molar-refractivity contribution in [3.63, 3.8) is 0 Å². The fourth-order valence-electron chi connectivity index (χ4n) is 0.995. The van der Waals surface area contributed by atoms with Gasteiger partial charge in [0.1, 0.15) is 0 Å². The van der Waals surface area contributed by atoms with Crippen LogP contribution in [0.2, 0.25) is 0 Å². The average molecular weight is 305 g/mol. The Balaban J connectivity index is 2.28. The lowest BCUT2D eigenvalue weighted by molar-refractivity contribution is -0.118. The van der Waals surface area contributed by atoms with E-state index in [1.165, 1.54) is 11.8 Å². The number of hydrogen-bond acceptors (Lipinski definition) is 6. The third kappa shape index (κ3) is 6.61. The highest BCUT2D eigenvalue weighted by atomic mass is 32.2. The molecule has 0 bridgehead atoms. The van der Waals surface area contributed by atoms with E-state index in [9.17, 15) is 4.79 Å². The van der Waals surface area contributed by atoms with Gasteiger partial charge in [-0.05, 0) is 12.3 Å². The maximum atomic E-state index is 11.4. The van der Waals surface area contributed by atoms with E-state index in [1.54, 1.807) is 23.1 Å². The van der Waals surface area contributed by atoms with E-state index in [0.717, 1.165) is 27.4 Å². The predicted octanol–water partition coefficient (Wildman–Crippen LogP) is 2.90. The largest absolute Gasteiger partial charge is 0.355 e. The maximum Gasteiger partial charge on any atom is 0.230 e. The first kappa shape index (κ1) is 15.8. The number of carbonyl (C=O) groups excluding carboxylic acids is 1. The van der Waals surface area contributed by atoms with Crippen molar-refractivity contribution < 1.29 is 4.79 Å². The molecule has 1 amide bonds. The van der Waals surface area contributed by atoms with Crippen molar-refractivity contribution in [2.75, 3.05) is 18.1 Å². The van der Waals surface area contributed by atoms with Gasteiger partial charge in [0.2, 0.25) is 5.91 Å². The first-order valence-electron chi connectivity index (χ1n) is 5.97. The fraction of sp³-hybridized carbons (Fsp3) is 0.727. The molecule has 0 fully saturated rings. The molecule has 7 heteroatoms. The van der Waals surface area contributed by atoms with Crippen molar-refractivity contribution in [3.8, 4) is 0 Å². The molecule has 0 aliphatic rings. The molecule has 1 rings (SSSR count). The second-order valence-corrected chi connectivity index (χ2v) is 7.64. The molecule has 0 saturated heterocycles. The molecule has 1 aromatic heterocycles. The molecule has 0 atom stereocenters. The number of aromatic nitrogens is 2. The van der Waals surface area contributed by atoms with Crippen molar-refractivity contribution in [1.29, 1.82) is 0 Å². The van der Waals surface area contributed by atoms with Crippen LogP contribution in [-0.4, -0.2) is 34.2 Å². The van der Waals surface area contributed by atoms with Crippen LogP contribution in [0.25, 0.3) is 0 Å². The van der Waals surface area contributed by atoms with Gasteiger partial charge in [-0.2, -0.15) is 0 Å². The Morgan fingerprint density at radius 2 is 2.00 bits per heavy atom. The normalized spacial score (nSPS) is 10.9. The van der Waals surface area contributed by atoms with Gasteiger partial charge in [0.15, 0.2) is 8.68 Å². The van der Waals surface area contributed by atoms with Gasteiger partial charge >= 0.3 is 0 Å². The number of amides is 1. The Kier molecular flexibility index (Phi) is 7.69. The second-order valence-electron chi connectivity index (χ2n) is 4.18. The van der Waals surface area contributed by atoms with E-state index in [-0.39, 0.29) is 5.91 Å². The molecule has 102 valence electrons. The molecule has 0 unspecified atom stereocenters. The van der Waals surface area contributed by atoms with Gasteiger partial charge in [-0.3, -0.25) is 4.79 Å². The van der Waals surface area contributed by atoms with Gasteiger partial charge in [-0.25, -0.2) is 0 Å². The number of rotatable bonds is 8. The summed E-state index contributed by atoms with van der Waals surface area (Å²) in [5, 5.41) is 11.0. The van der Waals surface area contributed by atoms with Crippen molar-refractivity contribution >= 4 is 40.8 Å². The number of thioether (sulfide) groups is 2. The third-order valence-electron chi connectivity index (χ3n) is 1.83. The quantitative estimate of drug-likeness (QED) is 0.748. The van der Waals surface area contributed by atoms with Crippen molar-refractivity contribution in [1.82, 2.24) is 15.5 Å². The van der Waals surface area contributed by atoms with E-state index in [4.69, 9.17) is 0 Å². The van der Waals surface area contributed by atoms with Gasteiger partial charge in [0.05, 0.1) is 5.75 Å². The number of nitrogens with one attached hydrogen (secondary N) is 1. The van der Waals surface area contributed by atoms with Crippen LogP contribution in [0.4, 0.5) is 0 Å². The van der Waals surface area contributed by atoms with Gasteiger partial charge in [0, 0.05) is 12.3 Å². The third-order valence-corrected chi connectivity index (χ3v) is 5.44. The van der Waals surface area contributed by atoms with E-state index in [0.29, 0.717) is 11.7 Å². The Morgan fingerprint density at radius 1 is 1.33 bits per heavy atom. The first-order chi connectivity index (χ1) is 8.61. The summed E-state index contributed by atoms with van der Waals surface area (Å²) in [4.78, 5) is 11.4. The molecule has 0 aliphatic carbocycles. The molecule has 0 radical (unpaired) electrons. The molecule has 1 aromatic rings. The Morgan fingerprint density at radius 3 is 2.61 bits per heavy atom. The standard InChI is InChI=1S/C11H19N3OS3/c1-4-5-12-9(15)7-17-11-14-13-10(18-11)16-6-8(2)3/h8H,4-7H2,1-3H3,(H,12,15). The number of nitrogens with zero attached hydrogens (tertiary/aromatic N) is 2. The van der Waals surface area contributed by atoms with Crippen LogP contribution in [0.3, 0.4) is 0 Å². The minimum atomic E-state index is 0.0634. The van der Waals surface area contributed by atoms with Crippen LogP contribution >= 0.6 is 34.9 Å². The highest BCUT2D eigenvalue weighted by molar-refractivity contribution is 8.03. The summed E-state index contributed by atoms with van der Waals surface area (Å²) in [5.74, 6) is 2.18. The molecular weight excluding hydrogens is 286 g/mol. The SMILES string of the molecule is CCCNC(=O)CSc1nnc(SCC(C)C)s1. The van der Waals surface area contributed by atoms with Gasteiger partial charge in [-0.1, -0.05) is 55.6 Å². The van der Waals surface area contributed by atoms with Gasteiger partial charge in [-0.15, -0.1) is 10.2 Å². The zero-order valence-electron chi connectivity index (χ0n) is 10.9. The minimum absolute atomic E-state index is 0.0634. The molecule has 1 N–H and O–H groups in total. The summed E-state index contributed by atoms with van der Waals surface area (Å²) in [6, 6.07) is 0. The molecule has 0 aromatic carbocycles. The van der Waals surface area contributed by atoms with E-state index < -0.39 is 0 Å². The van der Waals surface area contributed by atoms with Gasteiger partial charge in [0.25, 0.3) is 0 Å². The maximum absolute atomic E-state index is 11.4. The molecule has 1 heterocycles. The summed E-state index contributed by atoms with van der Waals surface area (Å²) >= 11 is 4.75. The zero-order valence-corrected chi connectivity index (χ0v) is 13.4.